The molecule has 1 aliphatic rings. The quantitative estimate of drug-likeness (QED) is 0.822. The average molecular weight is 272 g/mol. The predicted molar refractivity (Wildman–Crippen MR) is 68.3 cm³/mol. The van der Waals surface area contributed by atoms with Gasteiger partial charge in [0.1, 0.15) is 5.82 Å². The molecule has 6 heteroatoms. The molecule has 2 rings (SSSR count). The van der Waals surface area contributed by atoms with Crippen LogP contribution in [-0.4, -0.2) is 33.0 Å². The molecule has 0 bridgehead atoms. The molecule has 18 heavy (non-hydrogen) atoms. The number of benzene rings is 1. The van der Waals surface area contributed by atoms with Crippen LogP contribution in [0.25, 0.3) is 0 Å². The normalized spacial score (nSPS) is 26.0. The summed E-state index contributed by atoms with van der Waals surface area (Å²) in [6.07, 6.45) is 1.20. The van der Waals surface area contributed by atoms with Gasteiger partial charge in [0.15, 0.2) is 9.84 Å². The minimum atomic E-state index is -3.22. The summed E-state index contributed by atoms with van der Waals surface area (Å²) in [6, 6.07) is 5.85. The van der Waals surface area contributed by atoms with E-state index >= 15 is 0 Å². The third-order valence-corrected chi connectivity index (χ3v) is 5.49. The van der Waals surface area contributed by atoms with Crippen LogP contribution < -0.4 is 11.5 Å². The summed E-state index contributed by atoms with van der Waals surface area (Å²) < 4.78 is 36.5. The molecular formula is C12H17FN2O2S. The highest BCUT2D eigenvalue weighted by atomic mass is 32.2. The lowest BCUT2D eigenvalue weighted by molar-refractivity contribution is 0.510. The first-order chi connectivity index (χ1) is 8.36. The molecule has 1 aromatic rings. The fourth-order valence-electron chi connectivity index (χ4n) is 2.87. The van der Waals surface area contributed by atoms with Gasteiger partial charge in [0.2, 0.25) is 0 Å². The van der Waals surface area contributed by atoms with Gasteiger partial charge < -0.3 is 11.5 Å². The van der Waals surface area contributed by atoms with E-state index in [-0.39, 0.29) is 24.8 Å². The average Bonchev–Trinajstić information content (AvgIpc) is 3.00. The van der Waals surface area contributed by atoms with Crippen molar-refractivity contribution >= 4 is 9.84 Å². The topological polar surface area (TPSA) is 86.2 Å². The van der Waals surface area contributed by atoms with Crippen LogP contribution in [0.15, 0.2) is 24.3 Å². The molecule has 0 saturated heterocycles. The van der Waals surface area contributed by atoms with E-state index in [1.807, 2.05) is 0 Å². The van der Waals surface area contributed by atoms with Crippen molar-refractivity contribution in [2.24, 2.45) is 16.9 Å². The first kappa shape index (κ1) is 13.5. The van der Waals surface area contributed by atoms with Crippen molar-refractivity contribution in [2.75, 3.05) is 19.3 Å². The largest absolute Gasteiger partial charge is 0.330 e. The Morgan fingerprint density at radius 3 is 2.06 bits per heavy atom. The highest BCUT2D eigenvalue weighted by Crippen LogP contribution is 2.61. The Bertz CT molecular complexity index is 538. The van der Waals surface area contributed by atoms with E-state index in [0.29, 0.717) is 0 Å². The van der Waals surface area contributed by atoms with Crippen molar-refractivity contribution in [3.63, 3.8) is 0 Å². The van der Waals surface area contributed by atoms with Crippen LogP contribution in [0.4, 0.5) is 4.39 Å². The van der Waals surface area contributed by atoms with E-state index in [1.54, 1.807) is 12.1 Å². The van der Waals surface area contributed by atoms with E-state index in [1.165, 1.54) is 18.4 Å². The Kier molecular flexibility index (Phi) is 3.21. The summed E-state index contributed by atoms with van der Waals surface area (Å²) in [5.41, 5.74) is 11.6. The molecule has 0 aromatic heterocycles. The minimum absolute atomic E-state index is 0.212. The maximum atomic E-state index is 12.9. The predicted octanol–water partition coefficient (Wildman–Crippen LogP) is 0.240. The number of nitrogens with two attached hydrogens (primary N) is 2. The van der Waals surface area contributed by atoms with Crippen molar-refractivity contribution in [3.05, 3.63) is 35.6 Å². The van der Waals surface area contributed by atoms with Crippen molar-refractivity contribution in [2.45, 2.75) is 11.2 Å². The van der Waals surface area contributed by atoms with Crippen molar-refractivity contribution in [1.82, 2.24) is 0 Å². The smallest absolute Gasteiger partial charge is 0.151 e. The van der Waals surface area contributed by atoms with E-state index in [0.717, 1.165) is 5.56 Å². The third kappa shape index (κ3) is 1.94. The number of sulfone groups is 1. The molecule has 1 aromatic carbocycles. The summed E-state index contributed by atoms with van der Waals surface area (Å²) >= 11 is 0. The molecule has 0 radical (unpaired) electrons. The van der Waals surface area contributed by atoms with Gasteiger partial charge >= 0.3 is 0 Å². The number of hydrogen-bond donors (Lipinski definition) is 2. The van der Waals surface area contributed by atoms with Crippen molar-refractivity contribution in [3.8, 4) is 0 Å². The molecule has 0 heterocycles. The number of halogens is 1. The van der Waals surface area contributed by atoms with Gasteiger partial charge in [-0.25, -0.2) is 12.8 Å². The molecule has 0 unspecified atom stereocenters. The van der Waals surface area contributed by atoms with Gasteiger partial charge in [-0.2, -0.15) is 0 Å². The first-order valence-corrected chi connectivity index (χ1v) is 7.67. The zero-order valence-electron chi connectivity index (χ0n) is 10.1. The maximum Gasteiger partial charge on any atom is 0.151 e. The first-order valence-electron chi connectivity index (χ1n) is 5.71. The minimum Gasteiger partial charge on any atom is -0.330 e. The molecule has 4 N–H and O–H groups in total. The lowest BCUT2D eigenvalue weighted by Gasteiger charge is -2.11. The molecule has 0 spiro atoms. The molecule has 4 nitrogen and oxygen atoms in total. The highest BCUT2D eigenvalue weighted by molar-refractivity contribution is 7.91. The molecule has 2 atom stereocenters. The van der Waals surface area contributed by atoms with Crippen molar-refractivity contribution < 1.29 is 12.8 Å². The van der Waals surface area contributed by atoms with E-state index in [9.17, 15) is 12.8 Å². The fraction of sp³-hybridized carbons (Fsp3) is 0.500. The van der Waals surface area contributed by atoms with Crippen LogP contribution in [0.3, 0.4) is 0 Å². The number of rotatable bonds is 4. The molecule has 0 amide bonds. The van der Waals surface area contributed by atoms with Crippen LogP contribution in [0.1, 0.15) is 11.5 Å². The van der Waals surface area contributed by atoms with Gasteiger partial charge in [-0.3, -0.25) is 0 Å². The Balaban J connectivity index is 2.41. The van der Waals surface area contributed by atoms with Crippen molar-refractivity contribution in [1.29, 1.82) is 0 Å². The standard InChI is InChI=1S/C12H17FN2O2S/c1-18(16,17)11-10(12(11,6-14)7-15)8-2-4-9(13)5-3-8/h2-5,10-11H,6-7,14-15H2,1H3/t10-,11+/m1/s1. The Morgan fingerprint density at radius 2 is 1.72 bits per heavy atom. The highest BCUT2D eigenvalue weighted by Gasteiger charge is 2.68. The summed E-state index contributed by atoms with van der Waals surface area (Å²) in [6.45, 7) is 0.423. The van der Waals surface area contributed by atoms with E-state index < -0.39 is 20.5 Å². The SMILES string of the molecule is CS(=O)(=O)[C@H]1[C@@H](c2ccc(F)cc2)C1(CN)CN. The van der Waals surface area contributed by atoms with Gasteiger partial charge in [-0.05, 0) is 17.7 Å². The summed E-state index contributed by atoms with van der Waals surface area (Å²) in [4.78, 5) is 0. The monoisotopic (exact) mass is 272 g/mol. The van der Waals surface area contributed by atoms with E-state index in [4.69, 9.17) is 11.5 Å². The summed E-state index contributed by atoms with van der Waals surface area (Å²) in [5.74, 6) is -0.579. The molecule has 1 aliphatic carbocycles. The van der Waals surface area contributed by atoms with Crippen LogP contribution in [0.2, 0.25) is 0 Å². The van der Waals surface area contributed by atoms with E-state index in [2.05, 4.69) is 0 Å². The van der Waals surface area contributed by atoms with Gasteiger partial charge in [0, 0.05) is 30.7 Å². The Labute approximate surface area is 106 Å². The number of hydrogen-bond acceptors (Lipinski definition) is 4. The summed E-state index contributed by atoms with van der Waals surface area (Å²) in [7, 11) is -3.22. The van der Waals surface area contributed by atoms with Gasteiger partial charge in [0.05, 0.1) is 5.25 Å². The second kappa shape index (κ2) is 4.29. The van der Waals surface area contributed by atoms with Gasteiger partial charge in [-0.15, -0.1) is 0 Å². The Hall–Kier alpha value is -0.980. The molecule has 1 fully saturated rings. The van der Waals surface area contributed by atoms with Crippen LogP contribution in [0.5, 0.6) is 0 Å². The Morgan fingerprint density at radius 1 is 1.22 bits per heavy atom. The molecule has 0 aliphatic heterocycles. The van der Waals surface area contributed by atoms with Gasteiger partial charge in [-0.1, -0.05) is 12.1 Å². The molecular weight excluding hydrogens is 255 g/mol. The van der Waals surface area contributed by atoms with Crippen LogP contribution in [-0.2, 0) is 9.84 Å². The van der Waals surface area contributed by atoms with Crippen LogP contribution >= 0.6 is 0 Å². The molecule has 100 valence electrons. The second-order valence-electron chi connectivity index (χ2n) is 4.92. The lowest BCUT2D eigenvalue weighted by Crippen LogP contribution is -2.31. The van der Waals surface area contributed by atoms with Gasteiger partial charge in [0.25, 0.3) is 0 Å². The lowest BCUT2D eigenvalue weighted by atomic mass is 9.99. The zero-order valence-corrected chi connectivity index (χ0v) is 11.0. The zero-order chi connectivity index (χ0) is 13.6. The molecule has 1 saturated carbocycles. The summed E-state index contributed by atoms with van der Waals surface area (Å²) in [5, 5.41) is -0.564. The second-order valence-corrected chi connectivity index (χ2v) is 7.09. The maximum absolute atomic E-state index is 12.9. The fourth-order valence-corrected chi connectivity index (χ4v) is 4.91. The third-order valence-electron chi connectivity index (χ3n) is 3.83. The van der Waals surface area contributed by atoms with Crippen LogP contribution in [0, 0.1) is 11.2 Å².